The fourth-order valence-electron chi connectivity index (χ4n) is 7.78. The van der Waals surface area contributed by atoms with Gasteiger partial charge in [0.1, 0.15) is 31.0 Å². The molecule has 2 unspecified atom stereocenters. The zero-order chi connectivity index (χ0) is 48.7. The highest BCUT2D eigenvalue weighted by molar-refractivity contribution is 5.70. The number of esters is 2. The second kappa shape index (κ2) is 46.8. The van der Waals surface area contributed by atoms with E-state index in [0.29, 0.717) is 12.8 Å². The van der Waals surface area contributed by atoms with E-state index in [1.54, 1.807) is 0 Å². The quantitative estimate of drug-likeness (QED) is 0.0264. The van der Waals surface area contributed by atoms with Crippen LogP contribution in [-0.4, -0.2) is 89.0 Å². The third kappa shape index (κ3) is 37.7. The van der Waals surface area contributed by atoms with E-state index in [1.807, 2.05) is 0 Å². The number of allylic oxidation sites excluding steroid dienone is 12. The molecule has 0 aromatic rings. The Balaban J connectivity index is 2.30. The molecular weight excluding hydrogens is 845 g/mol. The maximum Gasteiger partial charge on any atom is 0.306 e. The van der Waals surface area contributed by atoms with Crippen molar-refractivity contribution in [2.24, 2.45) is 0 Å². The van der Waals surface area contributed by atoms with Gasteiger partial charge in [0, 0.05) is 12.8 Å². The SMILES string of the molecule is CCCCC/C=C/C/C=C/C/C=C/C/C=C/CCCCCC(=O)OC[C@H](CO[C@@H]1O[C@H](CO)[C@H](O)C(O)C1O)OC(=O)CCC/C=C/CC/C=C/CCCCCCCCCCCCCCCC. The van der Waals surface area contributed by atoms with Crippen LogP contribution in [0.5, 0.6) is 0 Å². The summed E-state index contributed by atoms with van der Waals surface area (Å²) in [6.45, 7) is 3.35. The van der Waals surface area contributed by atoms with Gasteiger partial charge in [0.05, 0.1) is 13.2 Å². The third-order valence-corrected chi connectivity index (χ3v) is 12.0. The molecule has 0 aromatic carbocycles. The fourth-order valence-corrected chi connectivity index (χ4v) is 7.78. The van der Waals surface area contributed by atoms with Crippen molar-refractivity contribution in [2.75, 3.05) is 19.8 Å². The van der Waals surface area contributed by atoms with Gasteiger partial charge in [-0.1, -0.05) is 189 Å². The van der Waals surface area contributed by atoms with E-state index in [0.717, 1.165) is 64.2 Å². The minimum Gasteiger partial charge on any atom is -0.462 e. The average Bonchev–Trinajstić information content (AvgIpc) is 3.33. The van der Waals surface area contributed by atoms with Crippen LogP contribution in [0, 0.1) is 0 Å². The summed E-state index contributed by atoms with van der Waals surface area (Å²) in [5.41, 5.74) is 0. The Morgan fingerprint density at radius 1 is 0.463 bits per heavy atom. The van der Waals surface area contributed by atoms with Crippen molar-refractivity contribution < 1.29 is 49.0 Å². The average molecular weight is 943 g/mol. The summed E-state index contributed by atoms with van der Waals surface area (Å²) < 4.78 is 22.2. The first-order chi connectivity index (χ1) is 32.8. The van der Waals surface area contributed by atoms with Crippen molar-refractivity contribution in [3.63, 3.8) is 0 Å². The molecule has 0 aromatic heterocycles. The topological polar surface area (TPSA) is 152 Å². The summed E-state index contributed by atoms with van der Waals surface area (Å²) in [6.07, 6.45) is 53.5. The van der Waals surface area contributed by atoms with Crippen LogP contribution in [-0.2, 0) is 28.5 Å². The molecule has 1 heterocycles. The number of carbonyl (C=O) groups excluding carboxylic acids is 2. The maximum absolute atomic E-state index is 12.8. The summed E-state index contributed by atoms with van der Waals surface area (Å²) in [5.74, 6) is -0.892. The molecule has 1 rings (SSSR count). The Bertz CT molecular complexity index is 1320. The van der Waals surface area contributed by atoms with Crippen LogP contribution in [0.25, 0.3) is 0 Å². The minimum atomic E-state index is -1.61. The zero-order valence-corrected chi connectivity index (χ0v) is 42.4. The number of hydrogen-bond donors (Lipinski definition) is 4. The molecule has 6 atom stereocenters. The van der Waals surface area contributed by atoms with E-state index in [4.69, 9.17) is 18.9 Å². The van der Waals surface area contributed by atoms with Gasteiger partial charge in [-0.25, -0.2) is 0 Å². The van der Waals surface area contributed by atoms with E-state index in [1.165, 1.54) is 116 Å². The second-order valence-electron chi connectivity index (χ2n) is 18.3. The Hall–Kier alpha value is -2.86. The van der Waals surface area contributed by atoms with Gasteiger partial charge < -0.3 is 39.4 Å². The molecule has 0 spiro atoms. The lowest BCUT2D eigenvalue weighted by Crippen LogP contribution is -2.59. The molecule has 1 aliphatic rings. The smallest absolute Gasteiger partial charge is 0.306 e. The van der Waals surface area contributed by atoms with Crippen molar-refractivity contribution in [1.82, 2.24) is 0 Å². The van der Waals surface area contributed by atoms with Gasteiger partial charge in [-0.05, 0) is 89.9 Å². The van der Waals surface area contributed by atoms with Crippen molar-refractivity contribution in [3.8, 4) is 0 Å². The Morgan fingerprint density at radius 3 is 1.39 bits per heavy atom. The molecule has 1 fully saturated rings. The maximum atomic E-state index is 12.8. The van der Waals surface area contributed by atoms with Gasteiger partial charge in [0.25, 0.3) is 0 Å². The van der Waals surface area contributed by atoms with E-state index >= 15 is 0 Å². The van der Waals surface area contributed by atoms with Crippen molar-refractivity contribution in [3.05, 3.63) is 72.9 Å². The largest absolute Gasteiger partial charge is 0.462 e. The normalized spacial score (nSPS) is 19.6. The molecule has 4 N–H and O–H groups in total. The van der Waals surface area contributed by atoms with Gasteiger partial charge in [-0.15, -0.1) is 0 Å². The fraction of sp³-hybridized carbons (Fsp3) is 0.754. The van der Waals surface area contributed by atoms with Gasteiger partial charge in [0.15, 0.2) is 12.4 Å². The molecule has 0 bridgehead atoms. The van der Waals surface area contributed by atoms with Crippen molar-refractivity contribution in [2.45, 2.75) is 256 Å². The van der Waals surface area contributed by atoms with Crippen LogP contribution < -0.4 is 0 Å². The summed E-state index contributed by atoms with van der Waals surface area (Å²) >= 11 is 0. The zero-order valence-electron chi connectivity index (χ0n) is 42.4. The first-order valence-corrected chi connectivity index (χ1v) is 27.0. The number of ether oxygens (including phenoxy) is 4. The van der Waals surface area contributed by atoms with E-state index in [9.17, 15) is 30.0 Å². The van der Waals surface area contributed by atoms with Crippen LogP contribution in [0.1, 0.15) is 219 Å². The number of aliphatic hydroxyl groups is 4. The molecular formula is C57H98O10. The highest BCUT2D eigenvalue weighted by Gasteiger charge is 2.44. The molecule has 0 radical (unpaired) electrons. The number of aliphatic hydroxyl groups excluding tert-OH is 4. The lowest BCUT2D eigenvalue weighted by atomic mass is 9.99. The summed E-state index contributed by atoms with van der Waals surface area (Å²) in [6, 6.07) is 0. The Kier molecular flexibility index (Phi) is 43.5. The lowest BCUT2D eigenvalue weighted by molar-refractivity contribution is -0.305. The second-order valence-corrected chi connectivity index (χ2v) is 18.3. The Morgan fingerprint density at radius 2 is 0.866 bits per heavy atom. The molecule has 67 heavy (non-hydrogen) atoms. The summed E-state index contributed by atoms with van der Waals surface area (Å²) in [5, 5.41) is 40.2. The van der Waals surface area contributed by atoms with Crippen LogP contribution in [0.2, 0.25) is 0 Å². The predicted octanol–water partition coefficient (Wildman–Crippen LogP) is 13.1. The van der Waals surface area contributed by atoms with Gasteiger partial charge in [0.2, 0.25) is 0 Å². The minimum absolute atomic E-state index is 0.160. The third-order valence-electron chi connectivity index (χ3n) is 12.0. The van der Waals surface area contributed by atoms with E-state index in [-0.39, 0.29) is 26.1 Å². The van der Waals surface area contributed by atoms with E-state index < -0.39 is 55.4 Å². The number of unbranched alkanes of at least 4 members (excludes halogenated alkanes) is 22. The first kappa shape index (κ1) is 62.2. The molecule has 386 valence electrons. The van der Waals surface area contributed by atoms with Crippen LogP contribution in [0.3, 0.4) is 0 Å². The molecule has 1 aliphatic heterocycles. The molecule has 1 saturated heterocycles. The Labute approximate surface area is 408 Å². The van der Waals surface area contributed by atoms with Gasteiger partial charge in [-0.2, -0.15) is 0 Å². The van der Waals surface area contributed by atoms with Crippen molar-refractivity contribution >= 4 is 11.9 Å². The molecule has 0 aliphatic carbocycles. The molecule has 0 saturated carbocycles. The lowest BCUT2D eigenvalue weighted by Gasteiger charge is -2.39. The highest BCUT2D eigenvalue weighted by Crippen LogP contribution is 2.23. The molecule has 10 heteroatoms. The number of hydrogen-bond acceptors (Lipinski definition) is 10. The monoisotopic (exact) mass is 943 g/mol. The van der Waals surface area contributed by atoms with E-state index in [2.05, 4.69) is 86.8 Å². The van der Waals surface area contributed by atoms with Gasteiger partial charge in [-0.3, -0.25) is 9.59 Å². The summed E-state index contributed by atoms with van der Waals surface area (Å²) in [7, 11) is 0. The molecule has 10 nitrogen and oxygen atoms in total. The molecule has 0 amide bonds. The standard InChI is InChI=1S/C57H98O10/c1-3-5-7-9-11-13-15-17-19-21-23-24-25-26-28-30-32-34-36-38-40-42-44-46-53(60)66-50(49-65-57-56(63)55(62)54(61)51(47-58)67-57)48-64-52(59)45-43-41-39-37-35-33-31-29-27-22-20-18-16-14-12-10-8-6-4-2/h12,14,18,20,27,29-30,32-33,35,38,40,50-51,54-58,61-63H,3-11,13,15-17,19,21-26,28,31,34,36-37,39,41-49H2,1-2H3/b14-12+,20-18+,29-27+,32-30+,35-33+,40-38+/t50-,51-,54+,55?,56?,57-/m1/s1. The summed E-state index contributed by atoms with van der Waals surface area (Å²) in [4.78, 5) is 25.5. The van der Waals surface area contributed by atoms with Crippen LogP contribution >= 0.6 is 0 Å². The first-order valence-electron chi connectivity index (χ1n) is 27.0. The number of rotatable bonds is 45. The predicted molar refractivity (Wildman–Crippen MR) is 274 cm³/mol. The number of carbonyl (C=O) groups is 2. The van der Waals surface area contributed by atoms with Gasteiger partial charge >= 0.3 is 11.9 Å². The van der Waals surface area contributed by atoms with Crippen LogP contribution in [0.15, 0.2) is 72.9 Å². The van der Waals surface area contributed by atoms with Crippen molar-refractivity contribution in [1.29, 1.82) is 0 Å². The highest BCUT2D eigenvalue weighted by atomic mass is 16.7. The van der Waals surface area contributed by atoms with Crippen LogP contribution in [0.4, 0.5) is 0 Å².